The predicted molar refractivity (Wildman–Crippen MR) is 89.9 cm³/mol. The first-order valence-corrected chi connectivity index (χ1v) is 7.62. The largest absolute Gasteiger partial charge is 0.369 e. The van der Waals surface area contributed by atoms with Crippen LogP contribution in [-0.2, 0) is 6.54 Å². The molecule has 2 aromatic rings. The van der Waals surface area contributed by atoms with E-state index in [-0.39, 0.29) is 0 Å². The second kappa shape index (κ2) is 7.43. The van der Waals surface area contributed by atoms with Gasteiger partial charge < -0.3 is 10.2 Å². The van der Waals surface area contributed by atoms with Crippen LogP contribution in [0.1, 0.15) is 31.0 Å². The fourth-order valence-corrected chi connectivity index (χ4v) is 2.71. The SMILES string of the molecule is CCNC(C)c1ccc(N(C)Cc2cccnc2)c(Cl)c1. The Morgan fingerprint density at radius 3 is 2.76 bits per heavy atom. The highest BCUT2D eigenvalue weighted by Crippen LogP contribution is 2.29. The van der Waals surface area contributed by atoms with Crippen molar-refractivity contribution in [2.24, 2.45) is 0 Å². The Kier molecular flexibility index (Phi) is 5.59. The van der Waals surface area contributed by atoms with E-state index in [1.165, 1.54) is 11.1 Å². The highest BCUT2D eigenvalue weighted by molar-refractivity contribution is 6.33. The van der Waals surface area contributed by atoms with E-state index >= 15 is 0 Å². The molecule has 1 N–H and O–H groups in total. The van der Waals surface area contributed by atoms with E-state index in [1.807, 2.05) is 25.4 Å². The van der Waals surface area contributed by atoms with Gasteiger partial charge in [-0.05, 0) is 42.8 Å². The Hall–Kier alpha value is -1.58. The van der Waals surface area contributed by atoms with Gasteiger partial charge in [0.1, 0.15) is 0 Å². The van der Waals surface area contributed by atoms with Gasteiger partial charge in [-0.25, -0.2) is 0 Å². The van der Waals surface area contributed by atoms with E-state index in [0.717, 1.165) is 23.8 Å². The van der Waals surface area contributed by atoms with Crippen molar-refractivity contribution < 1.29 is 0 Å². The summed E-state index contributed by atoms with van der Waals surface area (Å²) >= 11 is 6.45. The van der Waals surface area contributed by atoms with Crippen LogP contribution in [0.4, 0.5) is 5.69 Å². The molecule has 0 aliphatic carbocycles. The minimum atomic E-state index is 0.310. The second-order valence-electron chi connectivity index (χ2n) is 5.21. The van der Waals surface area contributed by atoms with Crippen molar-refractivity contribution in [2.45, 2.75) is 26.4 Å². The molecule has 0 saturated heterocycles. The zero-order valence-electron chi connectivity index (χ0n) is 12.8. The number of nitrogens with zero attached hydrogens (tertiary/aromatic N) is 2. The Morgan fingerprint density at radius 2 is 2.14 bits per heavy atom. The van der Waals surface area contributed by atoms with Gasteiger partial charge in [0.25, 0.3) is 0 Å². The molecule has 0 aliphatic heterocycles. The maximum absolute atomic E-state index is 6.45. The van der Waals surface area contributed by atoms with Crippen LogP contribution in [-0.4, -0.2) is 18.6 Å². The summed E-state index contributed by atoms with van der Waals surface area (Å²) in [5, 5.41) is 4.18. The fourth-order valence-electron chi connectivity index (χ4n) is 2.38. The third kappa shape index (κ3) is 4.19. The lowest BCUT2D eigenvalue weighted by Crippen LogP contribution is -2.19. The fraction of sp³-hybridized carbons (Fsp3) is 0.353. The quantitative estimate of drug-likeness (QED) is 0.873. The summed E-state index contributed by atoms with van der Waals surface area (Å²) in [5.41, 5.74) is 3.41. The van der Waals surface area contributed by atoms with Crippen LogP contribution >= 0.6 is 11.6 Å². The van der Waals surface area contributed by atoms with Gasteiger partial charge in [-0.3, -0.25) is 4.98 Å². The van der Waals surface area contributed by atoms with Gasteiger partial charge in [0, 0.05) is 32.0 Å². The minimum absolute atomic E-state index is 0.310. The molecule has 21 heavy (non-hydrogen) atoms. The molecule has 0 bridgehead atoms. The molecule has 0 spiro atoms. The first kappa shape index (κ1) is 15.8. The van der Waals surface area contributed by atoms with Crippen LogP contribution in [0.3, 0.4) is 0 Å². The van der Waals surface area contributed by atoms with Crippen LogP contribution in [0.25, 0.3) is 0 Å². The number of halogens is 1. The van der Waals surface area contributed by atoms with E-state index in [2.05, 4.69) is 47.2 Å². The molecule has 1 unspecified atom stereocenters. The summed E-state index contributed by atoms with van der Waals surface area (Å²) < 4.78 is 0. The third-order valence-electron chi connectivity index (χ3n) is 3.54. The summed E-state index contributed by atoms with van der Waals surface area (Å²) in [4.78, 5) is 6.28. The van der Waals surface area contributed by atoms with Crippen LogP contribution in [0.5, 0.6) is 0 Å². The maximum atomic E-state index is 6.45. The van der Waals surface area contributed by atoms with Gasteiger partial charge >= 0.3 is 0 Å². The van der Waals surface area contributed by atoms with Gasteiger partial charge in [0.05, 0.1) is 10.7 Å². The van der Waals surface area contributed by atoms with E-state index in [1.54, 1.807) is 6.20 Å². The number of anilines is 1. The van der Waals surface area contributed by atoms with Crippen LogP contribution in [0.15, 0.2) is 42.7 Å². The molecule has 0 aliphatic rings. The molecular formula is C17H22ClN3. The second-order valence-corrected chi connectivity index (χ2v) is 5.61. The standard InChI is InChI=1S/C17H22ClN3/c1-4-20-13(2)15-7-8-17(16(18)10-15)21(3)12-14-6-5-9-19-11-14/h5-11,13,20H,4,12H2,1-3H3. The number of pyridine rings is 1. The van der Waals surface area contributed by atoms with Crippen LogP contribution in [0.2, 0.25) is 5.02 Å². The van der Waals surface area contributed by atoms with Gasteiger partial charge in [0.15, 0.2) is 0 Å². The zero-order chi connectivity index (χ0) is 15.2. The smallest absolute Gasteiger partial charge is 0.0642 e. The lowest BCUT2D eigenvalue weighted by molar-refractivity contribution is 0.598. The van der Waals surface area contributed by atoms with E-state index < -0.39 is 0 Å². The highest BCUT2D eigenvalue weighted by atomic mass is 35.5. The van der Waals surface area contributed by atoms with Crippen molar-refractivity contribution >= 4 is 17.3 Å². The topological polar surface area (TPSA) is 28.2 Å². The molecule has 1 heterocycles. The lowest BCUT2D eigenvalue weighted by atomic mass is 10.1. The first-order chi connectivity index (χ1) is 10.1. The van der Waals surface area contributed by atoms with Gasteiger partial charge in [-0.15, -0.1) is 0 Å². The number of nitrogens with one attached hydrogen (secondary N) is 1. The number of rotatable bonds is 6. The lowest BCUT2D eigenvalue weighted by Gasteiger charge is -2.22. The Labute approximate surface area is 132 Å². The van der Waals surface area contributed by atoms with Crippen molar-refractivity contribution in [3.63, 3.8) is 0 Å². The Morgan fingerprint density at radius 1 is 1.33 bits per heavy atom. The average molecular weight is 304 g/mol. The number of hydrogen-bond donors (Lipinski definition) is 1. The van der Waals surface area contributed by atoms with Crippen LogP contribution < -0.4 is 10.2 Å². The van der Waals surface area contributed by atoms with E-state index in [0.29, 0.717) is 6.04 Å². The van der Waals surface area contributed by atoms with E-state index in [9.17, 15) is 0 Å². The normalized spacial score (nSPS) is 12.2. The molecule has 4 heteroatoms. The number of benzene rings is 1. The molecular weight excluding hydrogens is 282 g/mol. The highest BCUT2D eigenvalue weighted by Gasteiger charge is 2.10. The molecule has 0 fully saturated rings. The molecule has 112 valence electrons. The van der Waals surface area contributed by atoms with Crippen molar-refractivity contribution in [3.05, 3.63) is 58.9 Å². The summed E-state index contributed by atoms with van der Waals surface area (Å²) in [5.74, 6) is 0. The molecule has 1 aromatic carbocycles. The summed E-state index contributed by atoms with van der Waals surface area (Å²) in [6, 6.07) is 10.6. The zero-order valence-corrected chi connectivity index (χ0v) is 13.6. The van der Waals surface area contributed by atoms with E-state index in [4.69, 9.17) is 11.6 Å². The van der Waals surface area contributed by atoms with Crippen LogP contribution in [0, 0.1) is 0 Å². The predicted octanol–water partition coefficient (Wildman–Crippen LogP) is 4.04. The number of aromatic nitrogens is 1. The molecule has 0 amide bonds. The van der Waals surface area contributed by atoms with Crippen molar-refractivity contribution in [1.29, 1.82) is 0 Å². The molecule has 1 aromatic heterocycles. The average Bonchev–Trinajstić information content (AvgIpc) is 2.48. The molecule has 2 rings (SSSR count). The van der Waals surface area contributed by atoms with Crippen molar-refractivity contribution in [1.82, 2.24) is 10.3 Å². The van der Waals surface area contributed by atoms with Crippen molar-refractivity contribution in [2.75, 3.05) is 18.5 Å². The maximum Gasteiger partial charge on any atom is 0.0642 e. The van der Waals surface area contributed by atoms with Gasteiger partial charge in [-0.1, -0.05) is 30.7 Å². The Balaban J connectivity index is 2.13. The monoisotopic (exact) mass is 303 g/mol. The summed E-state index contributed by atoms with van der Waals surface area (Å²) in [6.07, 6.45) is 3.67. The molecule has 0 saturated carbocycles. The van der Waals surface area contributed by atoms with Crippen molar-refractivity contribution in [3.8, 4) is 0 Å². The third-order valence-corrected chi connectivity index (χ3v) is 3.84. The molecule has 1 atom stereocenters. The number of hydrogen-bond acceptors (Lipinski definition) is 3. The molecule has 3 nitrogen and oxygen atoms in total. The van der Waals surface area contributed by atoms with Gasteiger partial charge in [0.2, 0.25) is 0 Å². The summed E-state index contributed by atoms with van der Waals surface area (Å²) in [7, 11) is 2.04. The summed E-state index contributed by atoms with van der Waals surface area (Å²) in [6.45, 7) is 5.99. The Bertz CT molecular complexity index is 572. The minimum Gasteiger partial charge on any atom is -0.369 e. The van der Waals surface area contributed by atoms with Gasteiger partial charge in [-0.2, -0.15) is 0 Å². The molecule has 0 radical (unpaired) electrons. The first-order valence-electron chi connectivity index (χ1n) is 7.24.